The minimum absolute atomic E-state index is 0.000291. The van der Waals surface area contributed by atoms with Gasteiger partial charge in [-0.1, -0.05) is 0 Å². The lowest BCUT2D eigenvalue weighted by Gasteiger charge is -2.49. The van der Waals surface area contributed by atoms with Gasteiger partial charge in [-0.2, -0.15) is 0 Å². The van der Waals surface area contributed by atoms with Crippen LogP contribution in [0.3, 0.4) is 0 Å². The van der Waals surface area contributed by atoms with Crippen LogP contribution < -0.4 is 9.47 Å². The molecule has 1 aliphatic carbocycles. The predicted molar refractivity (Wildman–Crippen MR) is 84.4 cm³/mol. The molecule has 138 valence electrons. The van der Waals surface area contributed by atoms with Crippen molar-refractivity contribution in [1.29, 1.82) is 0 Å². The van der Waals surface area contributed by atoms with Crippen LogP contribution in [0.5, 0.6) is 11.5 Å². The quantitative estimate of drug-likeness (QED) is 0.621. The summed E-state index contributed by atoms with van der Waals surface area (Å²) in [6.07, 6.45) is -0.699. The van der Waals surface area contributed by atoms with Crippen LogP contribution in [0.4, 0.5) is 0 Å². The molecule has 3 aliphatic heterocycles. The topological polar surface area (TPSA) is 108 Å². The first-order chi connectivity index (χ1) is 12.1. The molecule has 8 nitrogen and oxygen atoms in total. The normalized spacial score (nSPS) is 33.5. The Kier molecular flexibility index (Phi) is 3.30. The lowest BCUT2D eigenvalue weighted by molar-refractivity contribution is -0.257. The van der Waals surface area contributed by atoms with Crippen molar-refractivity contribution >= 4 is 17.9 Å². The van der Waals surface area contributed by atoms with Gasteiger partial charge in [-0.3, -0.25) is 9.59 Å². The molecule has 2 fully saturated rings. The zero-order valence-corrected chi connectivity index (χ0v) is 14.7. The highest BCUT2D eigenvalue weighted by molar-refractivity contribution is 5.86. The number of carbonyl (C=O) groups is 3. The number of benzene rings is 1. The van der Waals surface area contributed by atoms with Crippen LogP contribution in [0, 0.1) is 6.92 Å². The Hall–Kier alpha value is -2.45. The van der Waals surface area contributed by atoms with E-state index >= 15 is 0 Å². The maximum Gasteiger partial charge on any atom is 0.341 e. The number of ether oxygens (including phenoxy) is 4. The third kappa shape index (κ3) is 2.05. The molecular formula is C18H18O8. The summed E-state index contributed by atoms with van der Waals surface area (Å²) >= 11 is 0. The molecular weight excluding hydrogens is 344 g/mol. The number of carbonyl (C=O) groups excluding carboxylic acids is 3. The molecule has 0 aromatic heterocycles. The first-order valence-corrected chi connectivity index (χ1v) is 8.24. The minimum Gasteiger partial charge on any atom is -0.430 e. The fraction of sp³-hybridized carbons (Fsp3) is 0.500. The standard InChI is InChI=1S/C18H18O8/c1-7-11(23-8(2)19)5-10-13(14(7)24-9(3)20)12-6-18(22)15(10)17(4,25-12)26-16(18)21/h5,12,15,22H,6H2,1-4H3/t12-,15+,17+,18-/m1/s1. The van der Waals surface area contributed by atoms with Crippen LogP contribution >= 0.6 is 0 Å². The first-order valence-electron chi connectivity index (χ1n) is 8.24. The Morgan fingerprint density at radius 1 is 1.27 bits per heavy atom. The number of aliphatic hydroxyl groups is 1. The van der Waals surface area contributed by atoms with Gasteiger partial charge < -0.3 is 24.1 Å². The van der Waals surface area contributed by atoms with E-state index < -0.39 is 41.3 Å². The van der Waals surface area contributed by atoms with Gasteiger partial charge in [-0.05, 0) is 18.6 Å². The molecule has 4 atom stereocenters. The summed E-state index contributed by atoms with van der Waals surface area (Å²) in [5.74, 6) is -3.58. The number of hydrogen-bond donors (Lipinski definition) is 1. The third-order valence-corrected chi connectivity index (χ3v) is 5.21. The highest BCUT2D eigenvalue weighted by Gasteiger charge is 2.72. The van der Waals surface area contributed by atoms with Gasteiger partial charge in [-0.15, -0.1) is 0 Å². The molecule has 0 saturated carbocycles. The number of hydrogen-bond acceptors (Lipinski definition) is 8. The lowest BCUT2D eigenvalue weighted by Crippen LogP contribution is -2.54. The van der Waals surface area contributed by atoms with Gasteiger partial charge in [0.05, 0.1) is 12.0 Å². The van der Waals surface area contributed by atoms with Crippen LogP contribution in [0.2, 0.25) is 0 Å². The fourth-order valence-corrected chi connectivity index (χ4v) is 4.36. The summed E-state index contributed by atoms with van der Waals surface area (Å²) in [5.41, 5.74) is -0.191. The van der Waals surface area contributed by atoms with Gasteiger partial charge >= 0.3 is 17.9 Å². The minimum atomic E-state index is -1.74. The largest absolute Gasteiger partial charge is 0.430 e. The first kappa shape index (κ1) is 17.0. The van der Waals surface area contributed by atoms with Crippen molar-refractivity contribution in [3.05, 3.63) is 22.8 Å². The summed E-state index contributed by atoms with van der Waals surface area (Å²) in [5, 5.41) is 10.9. The van der Waals surface area contributed by atoms with E-state index in [1.807, 2.05) is 0 Å². The summed E-state index contributed by atoms with van der Waals surface area (Å²) < 4.78 is 21.9. The fourth-order valence-electron chi connectivity index (χ4n) is 4.36. The second kappa shape index (κ2) is 5.05. The molecule has 3 heterocycles. The van der Waals surface area contributed by atoms with Crippen LogP contribution in [-0.2, 0) is 23.9 Å². The SMILES string of the molecule is CC(=O)Oc1cc2c(c(OC(C)=O)c1C)[C@H]1C[C@]3(O)C(=O)O[C@](C)(O1)[C@H]23. The van der Waals surface area contributed by atoms with Gasteiger partial charge in [0.15, 0.2) is 5.60 Å². The van der Waals surface area contributed by atoms with E-state index in [0.29, 0.717) is 16.7 Å². The summed E-state index contributed by atoms with van der Waals surface area (Å²) in [6, 6.07) is 1.59. The van der Waals surface area contributed by atoms with Crippen molar-refractivity contribution < 1.29 is 38.4 Å². The predicted octanol–water partition coefficient (Wildman–Crippen LogP) is 1.41. The van der Waals surface area contributed by atoms with E-state index in [-0.39, 0.29) is 17.9 Å². The Bertz CT molecular complexity index is 874. The molecule has 0 spiro atoms. The zero-order valence-electron chi connectivity index (χ0n) is 14.7. The van der Waals surface area contributed by atoms with E-state index in [1.54, 1.807) is 19.9 Å². The summed E-state index contributed by atoms with van der Waals surface area (Å²) in [7, 11) is 0. The molecule has 0 unspecified atom stereocenters. The summed E-state index contributed by atoms with van der Waals surface area (Å²) in [6.45, 7) is 5.76. The van der Waals surface area contributed by atoms with E-state index in [9.17, 15) is 19.5 Å². The molecule has 1 aromatic rings. The number of rotatable bonds is 2. The highest BCUT2D eigenvalue weighted by atomic mass is 16.7. The second-order valence-electron chi connectivity index (χ2n) is 7.09. The third-order valence-electron chi connectivity index (χ3n) is 5.21. The Morgan fingerprint density at radius 3 is 2.50 bits per heavy atom. The van der Waals surface area contributed by atoms with E-state index in [4.69, 9.17) is 18.9 Å². The average Bonchev–Trinajstić information content (AvgIpc) is 2.63. The molecule has 26 heavy (non-hydrogen) atoms. The zero-order chi connectivity index (χ0) is 19.0. The van der Waals surface area contributed by atoms with Crippen molar-refractivity contribution in [3.8, 4) is 11.5 Å². The van der Waals surface area contributed by atoms with Gasteiger partial charge in [0, 0.05) is 38.3 Å². The molecule has 1 aromatic carbocycles. The Balaban J connectivity index is 1.98. The molecule has 2 saturated heterocycles. The van der Waals surface area contributed by atoms with Crippen molar-refractivity contribution in [2.45, 2.75) is 57.5 Å². The number of esters is 3. The van der Waals surface area contributed by atoms with Crippen molar-refractivity contribution in [2.24, 2.45) is 0 Å². The Morgan fingerprint density at radius 2 is 1.92 bits per heavy atom. The molecule has 0 radical (unpaired) electrons. The Labute approximate surface area is 149 Å². The van der Waals surface area contributed by atoms with Gasteiger partial charge in [0.1, 0.15) is 11.5 Å². The van der Waals surface area contributed by atoms with Crippen LogP contribution in [-0.4, -0.2) is 34.4 Å². The maximum absolute atomic E-state index is 12.3. The van der Waals surface area contributed by atoms with Crippen molar-refractivity contribution in [1.82, 2.24) is 0 Å². The molecule has 4 bridgehead atoms. The molecule has 1 N–H and O–H groups in total. The average molecular weight is 362 g/mol. The molecule has 8 heteroatoms. The monoisotopic (exact) mass is 362 g/mol. The van der Waals surface area contributed by atoms with Gasteiger partial charge in [0.2, 0.25) is 5.79 Å². The van der Waals surface area contributed by atoms with Crippen molar-refractivity contribution in [2.75, 3.05) is 0 Å². The highest BCUT2D eigenvalue weighted by Crippen LogP contribution is 2.65. The van der Waals surface area contributed by atoms with E-state index in [2.05, 4.69) is 0 Å². The molecule has 5 rings (SSSR count). The van der Waals surface area contributed by atoms with E-state index in [1.165, 1.54) is 13.8 Å². The van der Waals surface area contributed by atoms with Crippen LogP contribution in [0.1, 0.15) is 55.9 Å². The van der Waals surface area contributed by atoms with Gasteiger partial charge in [-0.25, -0.2) is 4.79 Å². The van der Waals surface area contributed by atoms with Crippen molar-refractivity contribution in [3.63, 3.8) is 0 Å². The second-order valence-corrected chi connectivity index (χ2v) is 7.09. The van der Waals surface area contributed by atoms with Crippen LogP contribution in [0.15, 0.2) is 6.07 Å². The maximum atomic E-state index is 12.3. The molecule has 4 aliphatic rings. The van der Waals surface area contributed by atoms with Crippen LogP contribution in [0.25, 0.3) is 0 Å². The smallest absolute Gasteiger partial charge is 0.341 e. The summed E-state index contributed by atoms with van der Waals surface area (Å²) in [4.78, 5) is 35.3. The molecule has 0 amide bonds. The lowest BCUT2D eigenvalue weighted by atomic mass is 9.66. The van der Waals surface area contributed by atoms with Gasteiger partial charge in [0.25, 0.3) is 0 Å². The van der Waals surface area contributed by atoms with E-state index in [0.717, 1.165) is 0 Å².